The molecular weight excluding hydrogens is 865 g/mol. The topological polar surface area (TPSA) is 202 Å². The van der Waals surface area contributed by atoms with Crippen LogP contribution in [0.1, 0.15) is 72.8 Å². The number of benzene rings is 1. The van der Waals surface area contributed by atoms with Crippen molar-refractivity contribution >= 4 is 28.9 Å². The summed E-state index contributed by atoms with van der Waals surface area (Å²) in [6, 6.07) is 9.37. The molecule has 17 atom stereocenters. The van der Waals surface area contributed by atoms with Crippen molar-refractivity contribution < 1.29 is 67.6 Å². The summed E-state index contributed by atoms with van der Waals surface area (Å²) in [4.78, 5) is 46.3. The monoisotopic (exact) mass is 939 g/mol. The first-order chi connectivity index (χ1) is 32.0. The molecule has 2 aromatic rings. The molecule has 5 rings (SSSR count). The minimum Gasteiger partial charge on any atom is -0.494 e. The molecule has 0 saturated carbocycles. The normalized spacial score (nSPS) is 37.5. The highest BCUT2D eigenvalue weighted by Gasteiger charge is 2.49. The zero-order chi connectivity index (χ0) is 48.9. The van der Waals surface area contributed by atoms with Gasteiger partial charge >= 0.3 is 5.97 Å². The highest BCUT2D eigenvalue weighted by atomic mass is 16.7. The van der Waals surface area contributed by atoms with E-state index in [1.165, 1.54) is 20.3 Å². The van der Waals surface area contributed by atoms with Crippen molar-refractivity contribution in [3.8, 4) is 0 Å². The third-order valence-corrected chi connectivity index (χ3v) is 13.4. The highest BCUT2D eigenvalue weighted by Crippen LogP contribution is 2.35. The predicted molar refractivity (Wildman–Crippen MR) is 249 cm³/mol. The van der Waals surface area contributed by atoms with Gasteiger partial charge in [0.05, 0.1) is 55.3 Å². The fourth-order valence-corrected chi connectivity index (χ4v) is 9.49. The van der Waals surface area contributed by atoms with Crippen LogP contribution in [-0.2, 0) is 58.7 Å². The van der Waals surface area contributed by atoms with Gasteiger partial charge < -0.3 is 62.9 Å². The molecule has 1 aromatic heterocycles. The minimum atomic E-state index is -1.33. The number of allylic oxidation sites excluding steroid dienone is 4. The molecule has 4 heterocycles. The lowest BCUT2D eigenvalue weighted by molar-refractivity contribution is -0.304. The van der Waals surface area contributed by atoms with Crippen molar-refractivity contribution in [3.05, 3.63) is 78.2 Å². The van der Waals surface area contributed by atoms with Gasteiger partial charge in [0.15, 0.2) is 18.4 Å². The molecule has 3 N–H and O–H groups in total. The average molecular weight is 939 g/mol. The Kier molecular flexibility index (Phi) is 20.6. The number of ketones is 1. The Labute approximate surface area is 395 Å². The van der Waals surface area contributed by atoms with Crippen molar-refractivity contribution in [2.75, 3.05) is 34.9 Å². The van der Waals surface area contributed by atoms with Crippen LogP contribution < -0.4 is 0 Å². The number of carbonyl (C=O) groups is 3. The predicted octanol–water partition coefficient (Wildman–Crippen LogP) is 4.89. The number of methoxy groups -OCH3 is 2. The van der Waals surface area contributed by atoms with E-state index in [9.17, 15) is 29.7 Å². The second kappa shape index (κ2) is 25.6. The van der Waals surface area contributed by atoms with E-state index >= 15 is 0 Å². The number of cyclic esters (lactones) is 1. The zero-order valence-corrected chi connectivity index (χ0v) is 40.7. The number of rotatable bonds is 15. The third kappa shape index (κ3) is 14.1. The van der Waals surface area contributed by atoms with Gasteiger partial charge in [-0.1, -0.05) is 56.7 Å². The summed E-state index contributed by atoms with van der Waals surface area (Å²) in [5, 5.41) is 35.5. The van der Waals surface area contributed by atoms with Crippen LogP contribution in [0, 0.1) is 23.7 Å². The Hall–Kier alpha value is -3.94. The minimum absolute atomic E-state index is 0.00857. The van der Waals surface area contributed by atoms with E-state index in [4.69, 9.17) is 37.9 Å². The third-order valence-electron chi connectivity index (χ3n) is 13.4. The molecule has 2 saturated heterocycles. The molecule has 0 aliphatic carbocycles. The maximum absolute atomic E-state index is 13.8. The SMILES string of the molecule is CC[C@H]1OC(=O)C[C@@H](O)[C@H](C)[C@@H](O[C@@H]2O[C@H](C)[C@@H](O/C=C\Cc3cnc4ccccc4c3)[C@H](N(C)C)[C@H]2O)[C@@H](CC=O)C[C@@H](C)C(=O)/C=C/C(C)=C/[C@@H]1CO[C@@H]1O[C@H](C)[C@@H](O)[C@@H](OC)[C@H]1OC. The van der Waals surface area contributed by atoms with E-state index in [0.29, 0.717) is 18.4 Å². The van der Waals surface area contributed by atoms with Crippen LogP contribution in [0.3, 0.4) is 0 Å². The Balaban J connectivity index is 1.36. The number of para-hydroxylation sites is 1. The van der Waals surface area contributed by atoms with Crippen LogP contribution in [0.15, 0.2) is 72.7 Å². The van der Waals surface area contributed by atoms with Crippen LogP contribution in [0.2, 0.25) is 0 Å². The fraction of sp³-hybridized carbons (Fsp3) is 0.647. The Morgan fingerprint density at radius 2 is 1.63 bits per heavy atom. The van der Waals surface area contributed by atoms with Gasteiger partial charge in [-0.05, 0) is 89.9 Å². The van der Waals surface area contributed by atoms with E-state index in [2.05, 4.69) is 11.1 Å². The number of aromatic nitrogens is 1. The van der Waals surface area contributed by atoms with Gasteiger partial charge in [-0.15, -0.1) is 0 Å². The zero-order valence-electron chi connectivity index (χ0n) is 40.7. The lowest BCUT2D eigenvalue weighted by Gasteiger charge is -2.47. The van der Waals surface area contributed by atoms with Crippen LogP contribution in [0.4, 0.5) is 0 Å². The van der Waals surface area contributed by atoms with Crippen molar-refractivity contribution in [1.29, 1.82) is 0 Å². The second-order valence-electron chi connectivity index (χ2n) is 18.6. The van der Waals surface area contributed by atoms with Gasteiger partial charge in [-0.3, -0.25) is 14.6 Å². The van der Waals surface area contributed by atoms with Gasteiger partial charge in [-0.2, -0.15) is 0 Å². The first kappa shape index (κ1) is 54.0. The van der Waals surface area contributed by atoms with Crippen LogP contribution in [-0.4, -0.2) is 158 Å². The summed E-state index contributed by atoms with van der Waals surface area (Å²) in [5.74, 6) is -3.40. The number of pyridine rings is 1. The first-order valence-corrected chi connectivity index (χ1v) is 23.5. The van der Waals surface area contributed by atoms with E-state index < -0.39 is 116 Å². The molecule has 0 unspecified atom stereocenters. The van der Waals surface area contributed by atoms with E-state index in [0.717, 1.165) is 22.8 Å². The molecule has 0 radical (unpaired) electrons. The molecule has 1 aromatic carbocycles. The van der Waals surface area contributed by atoms with Crippen LogP contribution in [0.5, 0.6) is 0 Å². The maximum Gasteiger partial charge on any atom is 0.308 e. The average Bonchev–Trinajstić information content (AvgIpc) is 3.30. The number of ether oxygens (including phenoxy) is 8. The number of hydrogen-bond donors (Lipinski definition) is 3. The number of esters is 1. The lowest BCUT2D eigenvalue weighted by Crippen LogP contribution is -2.63. The number of aliphatic hydroxyl groups is 3. The summed E-state index contributed by atoms with van der Waals surface area (Å²) in [6.45, 7) is 10.7. The molecule has 67 heavy (non-hydrogen) atoms. The summed E-state index contributed by atoms with van der Waals surface area (Å²) in [7, 11) is 6.59. The molecule has 0 amide bonds. The molecule has 0 spiro atoms. The van der Waals surface area contributed by atoms with Crippen LogP contribution in [0.25, 0.3) is 10.9 Å². The second-order valence-corrected chi connectivity index (χ2v) is 18.6. The molecule has 3 aliphatic heterocycles. The number of aldehydes is 1. The number of likely N-dealkylation sites (N-methyl/N-ethyl adjacent to an activating group) is 1. The summed E-state index contributed by atoms with van der Waals surface area (Å²) in [5.41, 5.74) is 2.63. The Morgan fingerprint density at radius 3 is 2.31 bits per heavy atom. The largest absolute Gasteiger partial charge is 0.494 e. The number of carbonyl (C=O) groups excluding carboxylic acids is 3. The molecule has 372 valence electrons. The van der Waals surface area contributed by atoms with Crippen LogP contribution >= 0.6 is 0 Å². The van der Waals surface area contributed by atoms with E-state index in [1.54, 1.807) is 33.1 Å². The van der Waals surface area contributed by atoms with Gasteiger partial charge in [0.1, 0.15) is 42.9 Å². The Morgan fingerprint density at radius 1 is 0.910 bits per heavy atom. The van der Waals surface area contributed by atoms with Gasteiger partial charge in [-0.25, -0.2) is 0 Å². The molecule has 0 bridgehead atoms. The number of fused-ring (bicyclic) bond motifs is 1. The summed E-state index contributed by atoms with van der Waals surface area (Å²) in [6.07, 6.45) is 1.13. The van der Waals surface area contributed by atoms with Crippen molar-refractivity contribution in [3.63, 3.8) is 0 Å². The smallest absolute Gasteiger partial charge is 0.308 e. The molecule has 2 fully saturated rings. The van der Waals surface area contributed by atoms with Gasteiger partial charge in [0.2, 0.25) is 0 Å². The first-order valence-electron chi connectivity index (χ1n) is 23.5. The summed E-state index contributed by atoms with van der Waals surface area (Å²) >= 11 is 0. The van der Waals surface area contributed by atoms with Crippen molar-refractivity contribution in [2.45, 2.75) is 153 Å². The lowest BCUT2D eigenvalue weighted by atomic mass is 9.79. The number of nitrogens with zero attached hydrogens (tertiary/aromatic N) is 2. The summed E-state index contributed by atoms with van der Waals surface area (Å²) < 4.78 is 48.9. The van der Waals surface area contributed by atoms with Gasteiger partial charge in [0, 0.05) is 50.0 Å². The van der Waals surface area contributed by atoms with Crippen molar-refractivity contribution in [2.24, 2.45) is 23.7 Å². The van der Waals surface area contributed by atoms with Gasteiger partial charge in [0.25, 0.3) is 0 Å². The molecule has 3 aliphatic rings. The van der Waals surface area contributed by atoms with E-state index in [1.807, 2.05) is 82.4 Å². The number of aliphatic hydroxyl groups excluding tert-OH is 3. The molecule has 16 heteroatoms. The van der Waals surface area contributed by atoms with E-state index in [-0.39, 0.29) is 25.2 Å². The van der Waals surface area contributed by atoms with Crippen molar-refractivity contribution in [1.82, 2.24) is 9.88 Å². The molecule has 16 nitrogen and oxygen atoms in total. The number of hydrogen-bond acceptors (Lipinski definition) is 16. The fourth-order valence-electron chi connectivity index (χ4n) is 9.49. The highest BCUT2D eigenvalue weighted by molar-refractivity contribution is 5.91. The molecular formula is C51H74N2O14. The quantitative estimate of drug-likeness (QED) is 0.124. The Bertz CT molecular complexity index is 1990. The standard InChI is InChI=1S/C51H74N2O14/c1-11-41-37(28-63-51-49(61-10)48(60-9)44(58)32(5)64-51)23-29(2)18-19-39(55)30(3)24-36(20-21-54)46(31(4)40(56)26-42(57)66-41)67-50-45(59)43(53(7)8)47(33(6)65-50)62-22-14-15-34-25-35-16-12-13-17-38(35)52-27-34/h12-14,16-19,21-23,25,27,30-33,36-37,40-41,43-51,56,58-59H,11,15,20,24,26,28H2,1-10H3/b19-18+,22-14-,29-23+/t30-,31+,32-,33-,36+,37-,40-,41-,43-,44-,45-,46-,47-,48-,49-,50+,51-/m1/s1. The maximum atomic E-state index is 13.8.